The lowest BCUT2D eigenvalue weighted by Gasteiger charge is -2.28. The number of piperidine rings is 1. The number of thioether (sulfide) groups is 1. The van der Waals surface area contributed by atoms with E-state index < -0.39 is 0 Å². The topological polar surface area (TPSA) is 39.7 Å². The van der Waals surface area contributed by atoms with Gasteiger partial charge in [0.1, 0.15) is 0 Å². The predicted octanol–water partition coefficient (Wildman–Crippen LogP) is 3.42. The highest BCUT2D eigenvalue weighted by Crippen LogP contribution is 2.11. The summed E-state index contributed by atoms with van der Waals surface area (Å²) in [6, 6.07) is 0. The molecule has 1 fully saturated rings. The molecule has 1 saturated heterocycles. The molecule has 4 nitrogen and oxygen atoms in total. The maximum Gasteiger partial charge on any atom is 0.191 e. The van der Waals surface area contributed by atoms with Crippen LogP contribution in [0.5, 0.6) is 0 Å². The zero-order valence-corrected chi connectivity index (χ0v) is 18.4. The second kappa shape index (κ2) is 15.8. The number of unbranched alkanes of at least 4 members (excludes halogenated alkanes) is 1. The van der Waals surface area contributed by atoms with E-state index in [1.807, 2.05) is 11.8 Å². The summed E-state index contributed by atoms with van der Waals surface area (Å²) in [5, 5.41) is 6.81. The first kappa shape index (κ1) is 23.3. The first-order valence-corrected chi connectivity index (χ1v) is 10.4. The fourth-order valence-corrected chi connectivity index (χ4v) is 3.30. The summed E-state index contributed by atoms with van der Waals surface area (Å²) >= 11 is 1.92. The van der Waals surface area contributed by atoms with Gasteiger partial charge >= 0.3 is 0 Å². The van der Waals surface area contributed by atoms with Gasteiger partial charge in [0.2, 0.25) is 0 Å². The third-order valence-electron chi connectivity index (χ3n) is 3.99. The lowest BCUT2D eigenvalue weighted by atomic mass is 10.1. The van der Waals surface area contributed by atoms with Crippen LogP contribution >= 0.6 is 35.7 Å². The second-order valence-electron chi connectivity index (χ2n) is 6.31. The molecule has 1 heterocycles. The van der Waals surface area contributed by atoms with Crippen LogP contribution < -0.4 is 10.6 Å². The van der Waals surface area contributed by atoms with Crippen LogP contribution in [0.15, 0.2) is 4.99 Å². The van der Waals surface area contributed by atoms with Gasteiger partial charge in [0.15, 0.2) is 5.96 Å². The van der Waals surface area contributed by atoms with E-state index in [-0.39, 0.29) is 24.0 Å². The monoisotopic (exact) mass is 456 g/mol. The number of aliphatic imine (C=N–C) groups is 1. The Morgan fingerprint density at radius 2 is 1.91 bits per heavy atom. The number of hydrogen-bond donors (Lipinski definition) is 2. The lowest BCUT2D eigenvalue weighted by molar-refractivity contribution is 0.203. The average Bonchev–Trinajstić information content (AvgIpc) is 2.53. The van der Waals surface area contributed by atoms with Crippen LogP contribution in [-0.2, 0) is 0 Å². The molecular weight excluding hydrogens is 419 g/mol. The molecule has 2 N–H and O–H groups in total. The second-order valence-corrected chi connectivity index (χ2v) is 7.30. The summed E-state index contributed by atoms with van der Waals surface area (Å²) in [6.07, 6.45) is 8.82. The van der Waals surface area contributed by atoms with Gasteiger partial charge in [0.25, 0.3) is 0 Å². The van der Waals surface area contributed by atoms with Crippen molar-refractivity contribution in [1.29, 1.82) is 0 Å². The molecule has 0 saturated carbocycles. The molecular formula is C17H37IN4S. The smallest absolute Gasteiger partial charge is 0.191 e. The SMILES string of the molecule is CCNC(=NCC(C)CN1CCCCC1)NCCCCSC.I. The number of hydrogen-bond acceptors (Lipinski definition) is 3. The summed E-state index contributed by atoms with van der Waals surface area (Å²) in [5.41, 5.74) is 0. The Morgan fingerprint density at radius 1 is 1.17 bits per heavy atom. The Balaban J connectivity index is 0.00000484. The molecule has 1 unspecified atom stereocenters. The van der Waals surface area contributed by atoms with Crippen molar-refractivity contribution in [1.82, 2.24) is 15.5 Å². The minimum atomic E-state index is 0. The van der Waals surface area contributed by atoms with Gasteiger partial charge in [-0.15, -0.1) is 24.0 Å². The van der Waals surface area contributed by atoms with Crippen LogP contribution in [0.25, 0.3) is 0 Å². The molecule has 0 aromatic rings. The number of rotatable bonds is 10. The zero-order valence-electron chi connectivity index (χ0n) is 15.3. The highest BCUT2D eigenvalue weighted by atomic mass is 127. The number of nitrogens with zero attached hydrogens (tertiary/aromatic N) is 2. The van der Waals surface area contributed by atoms with Crippen molar-refractivity contribution in [3.8, 4) is 0 Å². The maximum absolute atomic E-state index is 4.76. The Kier molecular flexibility index (Phi) is 16.0. The van der Waals surface area contributed by atoms with Crippen LogP contribution in [0.4, 0.5) is 0 Å². The fourth-order valence-electron chi connectivity index (χ4n) is 2.81. The molecule has 1 aliphatic rings. The maximum atomic E-state index is 4.76. The van der Waals surface area contributed by atoms with E-state index in [1.54, 1.807) is 0 Å². The minimum absolute atomic E-state index is 0. The van der Waals surface area contributed by atoms with Crippen LogP contribution in [0.3, 0.4) is 0 Å². The van der Waals surface area contributed by atoms with E-state index in [2.05, 4.69) is 35.6 Å². The van der Waals surface area contributed by atoms with Gasteiger partial charge in [-0.25, -0.2) is 0 Å². The molecule has 1 atom stereocenters. The third kappa shape index (κ3) is 12.3. The molecule has 0 amide bonds. The minimum Gasteiger partial charge on any atom is -0.357 e. The van der Waals surface area contributed by atoms with Crippen molar-refractivity contribution in [2.45, 2.75) is 46.0 Å². The zero-order chi connectivity index (χ0) is 16.0. The summed E-state index contributed by atoms with van der Waals surface area (Å²) in [4.78, 5) is 7.36. The van der Waals surface area contributed by atoms with E-state index in [1.165, 1.54) is 57.5 Å². The van der Waals surface area contributed by atoms with Crippen molar-refractivity contribution in [3.05, 3.63) is 0 Å². The van der Waals surface area contributed by atoms with Gasteiger partial charge < -0.3 is 15.5 Å². The number of likely N-dealkylation sites (tertiary alicyclic amines) is 1. The van der Waals surface area contributed by atoms with E-state index >= 15 is 0 Å². The first-order valence-electron chi connectivity index (χ1n) is 8.99. The summed E-state index contributed by atoms with van der Waals surface area (Å²) < 4.78 is 0. The largest absolute Gasteiger partial charge is 0.357 e. The van der Waals surface area contributed by atoms with Crippen molar-refractivity contribution >= 4 is 41.7 Å². The molecule has 138 valence electrons. The van der Waals surface area contributed by atoms with Gasteiger partial charge in [-0.05, 0) is 63.6 Å². The predicted molar refractivity (Wildman–Crippen MR) is 116 cm³/mol. The van der Waals surface area contributed by atoms with E-state index in [4.69, 9.17) is 4.99 Å². The van der Waals surface area contributed by atoms with E-state index in [0.29, 0.717) is 5.92 Å². The number of halogens is 1. The van der Waals surface area contributed by atoms with Gasteiger partial charge in [-0.2, -0.15) is 11.8 Å². The Hall–Kier alpha value is 0.310. The molecule has 0 aromatic carbocycles. The van der Waals surface area contributed by atoms with Gasteiger partial charge in [-0.3, -0.25) is 4.99 Å². The highest BCUT2D eigenvalue weighted by Gasteiger charge is 2.13. The van der Waals surface area contributed by atoms with Gasteiger partial charge in [0, 0.05) is 26.2 Å². The summed E-state index contributed by atoms with van der Waals surface area (Å²) in [5.74, 6) is 2.87. The summed E-state index contributed by atoms with van der Waals surface area (Å²) in [6.45, 7) is 11.1. The Bertz CT molecular complexity index is 296. The molecule has 0 spiro atoms. The van der Waals surface area contributed by atoms with Crippen molar-refractivity contribution < 1.29 is 0 Å². The molecule has 0 aromatic heterocycles. The highest BCUT2D eigenvalue weighted by molar-refractivity contribution is 14.0. The van der Waals surface area contributed by atoms with E-state index in [9.17, 15) is 0 Å². The van der Waals surface area contributed by atoms with Gasteiger partial charge in [-0.1, -0.05) is 13.3 Å². The van der Waals surface area contributed by atoms with Gasteiger partial charge in [0.05, 0.1) is 0 Å². The van der Waals surface area contributed by atoms with Crippen LogP contribution in [0, 0.1) is 5.92 Å². The molecule has 0 bridgehead atoms. The summed E-state index contributed by atoms with van der Waals surface area (Å²) in [7, 11) is 0. The molecule has 1 aliphatic heterocycles. The fraction of sp³-hybridized carbons (Fsp3) is 0.941. The normalized spacial score (nSPS) is 17.4. The number of nitrogens with one attached hydrogen (secondary N) is 2. The molecule has 0 aliphatic carbocycles. The molecule has 6 heteroatoms. The standard InChI is InChI=1S/C17H36N4S.HI/c1-4-18-17(19-10-6-9-13-22-3)20-14-16(2)15-21-11-7-5-8-12-21;/h16H,4-15H2,1-3H3,(H2,18,19,20);1H. The van der Waals surface area contributed by atoms with Crippen LogP contribution in [0.1, 0.15) is 46.0 Å². The molecule has 23 heavy (non-hydrogen) atoms. The van der Waals surface area contributed by atoms with E-state index in [0.717, 1.165) is 25.6 Å². The third-order valence-corrected chi connectivity index (χ3v) is 4.69. The van der Waals surface area contributed by atoms with Crippen molar-refractivity contribution in [2.24, 2.45) is 10.9 Å². The quantitative estimate of drug-likeness (QED) is 0.229. The molecule has 1 rings (SSSR count). The van der Waals surface area contributed by atoms with Crippen LogP contribution in [0.2, 0.25) is 0 Å². The van der Waals surface area contributed by atoms with Crippen LogP contribution in [-0.4, -0.2) is 62.1 Å². The first-order chi connectivity index (χ1) is 10.8. The Morgan fingerprint density at radius 3 is 2.57 bits per heavy atom. The van der Waals surface area contributed by atoms with Crippen molar-refractivity contribution in [3.63, 3.8) is 0 Å². The number of guanidine groups is 1. The van der Waals surface area contributed by atoms with Crippen molar-refractivity contribution in [2.75, 3.05) is 51.3 Å². The Labute approximate surface area is 165 Å². The average molecular weight is 456 g/mol. The molecule has 0 radical (unpaired) electrons. The lowest BCUT2D eigenvalue weighted by Crippen LogP contribution is -2.39.